The molecule has 0 saturated heterocycles. The van der Waals surface area contributed by atoms with Crippen molar-refractivity contribution in [2.75, 3.05) is 0 Å². The van der Waals surface area contributed by atoms with E-state index in [0.717, 1.165) is 5.56 Å². The maximum Gasteiger partial charge on any atom is 0.371 e. The maximum atomic E-state index is 10.6. The summed E-state index contributed by atoms with van der Waals surface area (Å²) in [6, 6.07) is 3.19. The summed E-state index contributed by atoms with van der Waals surface area (Å²) in [6.07, 6.45) is 1.56. The molecular formula is C9H6ClNO3. The number of carboxylic acid groups (broad SMARTS) is 1. The molecule has 0 unspecified atom stereocenters. The number of nitrogens with zero attached hydrogens (tertiary/aromatic N) is 1. The van der Waals surface area contributed by atoms with Gasteiger partial charge in [-0.15, -0.1) is 11.6 Å². The van der Waals surface area contributed by atoms with Crippen molar-refractivity contribution in [1.29, 1.82) is 0 Å². The van der Waals surface area contributed by atoms with Gasteiger partial charge in [-0.25, -0.2) is 9.78 Å². The van der Waals surface area contributed by atoms with E-state index in [0.29, 0.717) is 17.0 Å². The quantitative estimate of drug-likeness (QED) is 0.774. The average Bonchev–Trinajstić information content (AvgIpc) is 2.59. The van der Waals surface area contributed by atoms with Gasteiger partial charge in [0.15, 0.2) is 0 Å². The van der Waals surface area contributed by atoms with E-state index < -0.39 is 5.97 Å². The number of alkyl halides is 1. The Labute approximate surface area is 84.1 Å². The van der Waals surface area contributed by atoms with Crippen LogP contribution in [0, 0.1) is 0 Å². The Morgan fingerprint density at radius 2 is 2.36 bits per heavy atom. The molecule has 2 heterocycles. The van der Waals surface area contributed by atoms with Gasteiger partial charge in [0.25, 0.3) is 0 Å². The van der Waals surface area contributed by atoms with Crippen LogP contribution in [0.25, 0.3) is 11.1 Å². The fraction of sp³-hybridized carbons (Fsp3) is 0.111. The predicted molar refractivity (Wildman–Crippen MR) is 50.5 cm³/mol. The Hall–Kier alpha value is -1.55. The van der Waals surface area contributed by atoms with Crippen molar-refractivity contribution >= 4 is 28.7 Å². The minimum atomic E-state index is -1.10. The summed E-state index contributed by atoms with van der Waals surface area (Å²) in [6.45, 7) is 0. The fourth-order valence-corrected chi connectivity index (χ4v) is 1.30. The molecule has 0 bridgehead atoms. The molecule has 0 aliphatic heterocycles. The van der Waals surface area contributed by atoms with E-state index in [2.05, 4.69) is 4.98 Å². The molecule has 0 aliphatic rings. The summed E-state index contributed by atoms with van der Waals surface area (Å²) >= 11 is 5.61. The van der Waals surface area contributed by atoms with Gasteiger partial charge in [-0.1, -0.05) is 0 Å². The minimum absolute atomic E-state index is 0.112. The number of carbonyl (C=O) groups is 1. The third kappa shape index (κ3) is 1.44. The van der Waals surface area contributed by atoms with E-state index >= 15 is 0 Å². The number of carboxylic acids is 1. The second-order valence-corrected chi connectivity index (χ2v) is 3.05. The number of aromatic nitrogens is 1. The van der Waals surface area contributed by atoms with Crippen LogP contribution in [0.15, 0.2) is 22.7 Å². The van der Waals surface area contributed by atoms with Crippen molar-refractivity contribution in [3.63, 3.8) is 0 Å². The second kappa shape index (κ2) is 3.31. The fourth-order valence-electron chi connectivity index (χ4n) is 1.16. The Morgan fingerprint density at radius 3 is 3.00 bits per heavy atom. The van der Waals surface area contributed by atoms with Crippen LogP contribution >= 0.6 is 11.6 Å². The van der Waals surface area contributed by atoms with Crippen molar-refractivity contribution in [1.82, 2.24) is 4.98 Å². The first-order valence-electron chi connectivity index (χ1n) is 3.88. The predicted octanol–water partition coefficient (Wildman–Crippen LogP) is 2.26. The van der Waals surface area contributed by atoms with E-state index in [9.17, 15) is 4.79 Å². The zero-order chi connectivity index (χ0) is 10.1. The van der Waals surface area contributed by atoms with Crippen LogP contribution in [0.1, 0.15) is 16.1 Å². The van der Waals surface area contributed by atoms with E-state index in [1.54, 1.807) is 12.3 Å². The Morgan fingerprint density at radius 1 is 1.57 bits per heavy atom. The number of fused-ring (bicyclic) bond motifs is 1. The van der Waals surface area contributed by atoms with Gasteiger partial charge in [0.1, 0.15) is 0 Å². The molecule has 0 radical (unpaired) electrons. The van der Waals surface area contributed by atoms with Crippen molar-refractivity contribution in [3.8, 4) is 0 Å². The topological polar surface area (TPSA) is 63.3 Å². The van der Waals surface area contributed by atoms with Crippen LogP contribution < -0.4 is 0 Å². The summed E-state index contributed by atoms with van der Waals surface area (Å²) in [4.78, 5) is 14.5. The van der Waals surface area contributed by atoms with Crippen LogP contribution in [-0.2, 0) is 5.88 Å². The van der Waals surface area contributed by atoms with Crippen LogP contribution in [-0.4, -0.2) is 16.1 Å². The third-order valence-electron chi connectivity index (χ3n) is 1.79. The summed E-state index contributed by atoms with van der Waals surface area (Å²) in [5, 5.41) is 9.32. The van der Waals surface area contributed by atoms with Crippen LogP contribution in [0.3, 0.4) is 0 Å². The molecule has 72 valence electrons. The molecule has 0 aromatic carbocycles. The highest BCUT2D eigenvalue weighted by Gasteiger charge is 2.11. The summed E-state index contributed by atoms with van der Waals surface area (Å²) in [5.74, 6) is -0.870. The molecule has 2 rings (SSSR count). The van der Waals surface area contributed by atoms with Crippen molar-refractivity contribution in [3.05, 3.63) is 29.7 Å². The minimum Gasteiger partial charge on any atom is -0.475 e. The highest BCUT2D eigenvalue weighted by molar-refractivity contribution is 6.17. The Kier molecular flexibility index (Phi) is 2.13. The first-order chi connectivity index (χ1) is 6.70. The molecule has 0 aliphatic carbocycles. The summed E-state index contributed by atoms with van der Waals surface area (Å²) in [7, 11) is 0. The monoisotopic (exact) mass is 211 g/mol. The van der Waals surface area contributed by atoms with E-state index in [4.69, 9.17) is 21.1 Å². The number of pyridine rings is 1. The van der Waals surface area contributed by atoms with Gasteiger partial charge in [0, 0.05) is 23.5 Å². The summed E-state index contributed by atoms with van der Waals surface area (Å²) < 4.78 is 4.98. The lowest BCUT2D eigenvalue weighted by Crippen LogP contribution is -1.91. The first-order valence-corrected chi connectivity index (χ1v) is 4.42. The van der Waals surface area contributed by atoms with Gasteiger partial charge in [-0.05, 0) is 11.6 Å². The lowest BCUT2D eigenvalue weighted by atomic mass is 10.2. The average molecular weight is 212 g/mol. The maximum absolute atomic E-state index is 10.6. The van der Waals surface area contributed by atoms with Gasteiger partial charge < -0.3 is 9.52 Å². The normalized spacial score (nSPS) is 10.6. The molecule has 0 spiro atoms. The van der Waals surface area contributed by atoms with E-state index in [1.165, 1.54) is 6.07 Å². The van der Waals surface area contributed by atoms with Crippen LogP contribution in [0.2, 0.25) is 0 Å². The number of hydrogen-bond donors (Lipinski definition) is 1. The smallest absolute Gasteiger partial charge is 0.371 e. The molecule has 0 saturated carbocycles. The van der Waals surface area contributed by atoms with Crippen LogP contribution in [0.4, 0.5) is 0 Å². The standard InChI is InChI=1S/C9H6ClNO3/c10-3-5-1-6-2-7(9(12)13)14-8(6)11-4-5/h1-2,4H,3H2,(H,12,13). The van der Waals surface area contributed by atoms with E-state index in [-0.39, 0.29) is 5.76 Å². The molecule has 4 nitrogen and oxygen atoms in total. The number of hydrogen-bond acceptors (Lipinski definition) is 3. The van der Waals surface area contributed by atoms with Gasteiger partial charge >= 0.3 is 5.97 Å². The number of halogens is 1. The highest BCUT2D eigenvalue weighted by atomic mass is 35.5. The highest BCUT2D eigenvalue weighted by Crippen LogP contribution is 2.19. The van der Waals surface area contributed by atoms with Crippen molar-refractivity contribution in [2.45, 2.75) is 5.88 Å². The number of furan rings is 1. The molecule has 5 heteroatoms. The molecule has 2 aromatic heterocycles. The third-order valence-corrected chi connectivity index (χ3v) is 2.10. The molecule has 1 N–H and O–H groups in total. The van der Waals surface area contributed by atoms with Gasteiger partial charge in [-0.2, -0.15) is 0 Å². The Balaban J connectivity index is 2.60. The van der Waals surface area contributed by atoms with Gasteiger partial charge in [-0.3, -0.25) is 0 Å². The molecule has 2 aromatic rings. The molecule has 0 atom stereocenters. The summed E-state index contributed by atoms with van der Waals surface area (Å²) in [5.41, 5.74) is 1.15. The van der Waals surface area contributed by atoms with Gasteiger partial charge in [0.05, 0.1) is 0 Å². The SMILES string of the molecule is O=C(O)c1cc2cc(CCl)cnc2o1. The first kappa shape index (κ1) is 9.02. The molecule has 14 heavy (non-hydrogen) atoms. The lowest BCUT2D eigenvalue weighted by molar-refractivity contribution is 0.0664. The Bertz CT molecular complexity index is 492. The molecular weight excluding hydrogens is 206 g/mol. The molecule has 0 amide bonds. The van der Waals surface area contributed by atoms with E-state index in [1.807, 2.05) is 0 Å². The number of rotatable bonds is 2. The largest absolute Gasteiger partial charge is 0.475 e. The van der Waals surface area contributed by atoms with Crippen LogP contribution in [0.5, 0.6) is 0 Å². The van der Waals surface area contributed by atoms with Crippen molar-refractivity contribution < 1.29 is 14.3 Å². The number of aromatic carboxylic acids is 1. The van der Waals surface area contributed by atoms with Gasteiger partial charge in [0.2, 0.25) is 11.5 Å². The lowest BCUT2D eigenvalue weighted by Gasteiger charge is -1.91. The second-order valence-electron chi connectivity index (χ2n) is 2.79. The zero-order valence-corrected chi connectivity index (χ0v) is 7.78. The van der Waals surface area contributed by atoms with Crippen molar-refractivity contribution in [2.24, 2.45) is 0 Å². The zero-order valence-electron chi connectivity index (χ0n) is 7.03. The molecule has 0 fully saturated rings.